The number of H-pyrrole nitrogens is 1. The number of carbonyl (C=O) groups is 4. The third-order valence-corrected chi connectivity index (χ3v) is 9.98. The lowest BCUT2D eigenvalue weighted by atomic mass is 10.0. The summed E-state index contributed by atoms with van der Waals surface area (Å²) >= 11 is 0. The molecule has 0 saturated carbocycles. The first-order valence-electron chi connectivity index (χ1n) is 19.0. The third kappa shape index (κ3) is 9.88. The summed E-state index contributed by atoms with van der Waals surface area (Å²) in [6.07, 6.45) is 4.40. The van der Waals surface area contributed by atoms with Crippen LogP contribution < -0.4 is 16.0 Å². The first-order valence-corrected chi connectivity index (χ1v) is 19.0. The second-order valence-corrected chi connectivity index (χ2v) is 14.1. The zero-order valence-electron chi connectivity index (χ0n) is 32.0. The average Bonchev–Trinajstić information content (AvgIpc) is 3.91. The Morgan fingerprint density at radius 1 is 0.839 bits per heavy atom. The number of anilines is 1. The van der Waals surface area contributed by atoms with E-state index in [2.05, 4.69) is 25.9 Å². The Morgan fingerprint density at radius 2 is 1.46 bits per heavy atom. The van der Waals surface area contributed by atoms with E-state index < -0.39 is 12.1 Å². The van der Waals surface area contributed by atoms with Crippen LogP contribution in [-0.4, -0.2) is 77.9 Å². The van der Waals surface area contributed by atoms with Gasteiger partial charge >= 0.3 is 6.09 Å². The summed E-state index contributed by atoms with van der Waals surface area (Å²) in [7, 11) is 5.05. The van der Waals surface area contributed by atoms with Crippen LogP contribution in [0.5, 0.6) is 0 Å². The first-order chi connectivity index (χ1) is 27.2. The summed E-state index contributed by atoms with van der Waals surface area (Å²) in [5.74, 6) is 0.359. The fourth-order valence-corrected chi connectivity index (χ4v) is 7.09. The first kappa shape index (κ1) is 39.4. The number of carbonyl (C=O) groups excluding carboxylic acids is 4. The zero-order valence-corrected chi connectivity index (χ0v) is 32.0. The summed E-state index contributed by atoms with van der Waals surface area (Å²) < 4.78 is 4.81. The molecule has 12 nitrogen and oxygen atoms in total. The minimum atomic E-state index is -0.879. The van der Waals surface area contributed by atoms with Gasteiger partial charge in [-0.2, -0.15) is 0 Å². The minimum Gasteiger partial charge on any atom is -0.453 e. The number of rotatable bonds is 15. The number of unbranched alkanes of at least 4 members (excludes halogenated alkanes) is 1. The Morgan fingerprint density at radius 3 is 2.11 bits per heavy atom. The molecule has 1 aromatic heterocycles. The molecular formula is C44H49N7O5. The number of aromatic nitrogens is 2. The Bertz CT molecular complexity index is 2070. The van der Waals surface area contributed by atoms with E-state index in [4.69, 9.17) is 4.74 Å². The van der Waals surface area contributed by atoms with E-state index in [9.17, 15) is 19.2 Å². The lowest BCUT2D eigenvalue weighted by Gasteiger charge is -2.28. The largest absolute Gasteiger partial charge is 0.453 e. The summed E-state index contributed by atoms with van der Waals surface area (Å²) in [5, 5.41) is 8.68. The fraction of sp³-hybridized carbons (Fsp3) is 0.295. The standard InChI is InChI=1S/C44H49N7O5/c1-50(2)40(34-15-8-5-9-16-34)42(53)45-27-11-10-18-38(52)47-35-25-23-31(24-26-35)30-19-21-32(22-20-30)36-29-46-41(48-36)37-17-12-28-51(37)43(54)39(49-44(55)56-3)33-13-6-4-7-14-33/h4-9,13-16,19-26,29,37,39-40H,10-12,17-18,27-28H2,1-3H3,(H,45,53)(H,46,48)(H,47,52)(H,49,55)/t37-,39+,40+/m0/s1. The van der Waals surface area contributed by atoms with Crippen molar-refractivity contribution in [1.29, 1.82) is 0 Å². The van der Waals surface area contributed by atoms with Crippen molar-refractivity contribution in [2.24, 2.45) is 0 Å². The van der Waals surface area contributed by atoms with E-state index in [1.54, 1.807) is 11.1 Å². The average molecular weight is 756 g/mol. The van der Waals surface area contributed by atoms with Gasteiger partial charge in [-0.1, -0.05) is 97.1 Å². The SMILES string of the molecule is COC(=O)N[C@@H](C(=O)N1CCC[C@H]1c1ncc(-c2ccc(-c3ccc(NC(=O)CCCCNC(=O)[C@@H](c4ccccc4)N(C)C)cc3)cc2)[nH]1)c1ccccc1. The molecule has 0 bridgehead atoms. The van der Waals surface area contributed by atoms with Gasteiger partial charge in [-0.3, -0.25) is 19.3 Å². The molecule has 6 rings (SSSR count). The van der Waals surface area contributed by atoms with Crippen molar-refractivity contribution in [3.05, 3.63) is 132 Å². The molecule has 4 amide bonds. The van der Waals surface area contributed by atoms with E-state index in [0.29, 0.717) is 43.7 Å². The molecule has 0 unspecified atom stereocenters. The summed E-state index contributed by atoms with van der Waals surface area (Å²) in [6, 6.07) is 33.2. The van der Waals surface area contributed by atoms with Crippen LogP contribution in [0.4, 0.5) is 10.5 Å². The number of hydrogen-bond donors (Lipinski definition) is 4. The number of methoxy groups -OCH3 is 1. The second kappa shape index (κ2) is 18.9. The molecule has 1 aliphatic rings. The van der Waals surface area contributed by atoms with Gasteiger partial charge in [0, 0.05) is 25.2 Å². The van der Waals surface area contributed by atoms with E-state index in [-0.39, 0.29) is 29.8 Å². The van der Waals surface area contributed by atoms with Crippen molar-refractivity contribution in [2.45, 2.75) is 50.2 Å². The van der Waals surface area contributed by atoms with Gasteiger partial charge in [-0.25, -0.2) is 9.78 Å². The third-order valence-electron chi connectivity index (χ3n) is 9.98. The maximum absolute atomic E-state index is 13.8. The number of nitrogens with zero attached hydrogens (tertiary/aromatic N) is 3. The van der Waals surface area contributed by atoms with Crippen LogP contribution in [0.1, 0.15) is 67.2 Å². The van der Waals surface area contributed by atoms with Crippen molar-refractivity contribution >= 4 is 29.5 Å². The van der Waals surface area contributed by atoms with Crippen LogP contribution >= 0.6 is 0 Å². The highest BCUT2D eigenvalue weighted by atomic mass is 16.5. The predicted octanol–water partition coefficient (Wildman–Crippen LogP) is 7.03. The second-order valence-electron chi connectivity index (χ2n) is 14.1. The molecule has 2 heterocycles. The van der Waals surface area contributed by atoms with Crippen molar-refractivity contribution < 1.29 is 23.9 Å². The molecule has 56 heavy (non-hydrogen) atoms. The Kier molecular flexibility index (Phi) is 13.3. The molecule has 0 spiro atoms. The highest BCUT2D eigenvalue weighted by molar-refractivity contribution is 5.91. The summed E-state index contributed by atoms with van der Waals surface area (Å²) in [5.41, 5.74) is 6.16. The van der Waals surface area contributed by atoms with Gasteiger partial charge in [-0.05, 0) is 79.7 Å². The van der Waals surface area contributed by atoms with Crippen LogP contribution in [0.2, 0.25) is 0 Å². The molecule has 1 aliphatic heterocycles. The molecule has 290 valence electrons. The van der Waals surface area contributed by atoms with Crippen LogP contribution in [-0.2, 0) is 19.1 Å². The quantitative estimate of drug-likeness (QED) is 0.0839. The number of nitrogens with one attached hydrogen (secondary N) is 4. The predicted molar refractivity (Wildman–Crippen MR) is 216 cm³/mol. The van der Waals surface area contributed by atoms with Crippen LogP contribution in [0.3, 0.4) is 0 Å². The van der Waals surface area contributed by atoms with Crippen molar-refractivity contribution in [3.8, 4) is 22.4 Å². The van der Waals surface area contributed by atoms with Gasteiger partial charge < -0.3 is 30.6 Å². The topological polar surface area (TPSA) is 149 Å². The van der Waals surface area contributed by atoms with Crippen molar-refractivity contribution in [2.75, 3.05) is 39.6 Å². The number of amides is 4. The number of ether oxygens (including phenoxy) is 1. The van der Waals surface area contributed by atoms with E-state index >= 15 is 0 Å². The number of imidazole rings is 1. The Balaban J connectivity index is 0.988. The molecule has 5 aromatic rings. The number of alkyl carbamates (subject to hydrolysis) is 1. The maximum atomic E-state index is 13.8. The van der Waals surface area contributed by atoms with Crippen molar-refractivity contribution in [1.82, 2.24) is 30.4 Å². The number of hydrogen-bond acceptors (Lipinski definition) is 7. The lowest BCUT2D eigenvalue weighted by molar-refractivity contribution is -0.134. The maximum Gasteiger partial charge on any atom is 0.407 e. The van der Waals surface area contributed by atoms with Crippen molar-refractivity contribution in [3.63, 3.8) is 0 Å². The van der Waals surface area contributed by atoms with E-state index in [1.807, 2.05) is 128 Å². The summed E-state index contributed by atoms with van der Waals surface area (Å²) in [6.45, 7) is 1.06. The highest BCUT2D eigenvalue weighted by Crippen LogP contribution is 2.34. The number of likely N-dealkylation sites (tertiary alicyclic amines) is 1. The van der Waals surface area contributed by atoms with Gasteiger partial charge in [0.2, 0.25) is 11.8 Å². The fourth-order valence-electron chi connectivity index (χ4n) is 7.09. The van der Waals surface area contributed by atoms with Crippen LogP contribution in [0.15, 0.2) is 115 Å². The van der Waals surface area contributed by atoms with Gasteiger partial charge in [0.1, 0.15) is 17.9 Å². The lowest BCUT2D eigenvalue weighted by Crippen LogP contribution is -2.42. The van der Waals surface area contributed by atoms with E-state index in [0.717, 1.165) is 46.5 Å². The molecule has 3 atom stereocenters. The molecule has 0 aliphatic carbocycles. The number of aromatic amines is 1. The Hall–Kier alpha value is -6.27. The molecule has 4 N–H and O–H groups in total. The smallest absolute Gasteiger partial charge is 0.407 e. The molecule has 12 heteroatoms. The minimum absolute atomic E-state index is 0.0532. The number of benzene rings is 4. The zero-order chi connectivity index (χ0) is 39.4. The molecule has 0 radical (unpaired) electrons. The van der Waals surface area contributed by atoms with Crippen LogP contribution in [0, 0.1) is 0 Å². The molecule has 4 aromatic carbocycles. The Labute approximate surface area is 327 Å². The highest BCUT2D eigenvalue weighted by Gasteiger charge is 2.37. The normalized spacial score (nSPS) is 14.9. The molecular weight excluding hydrogens is 707 g/mol. The number of likely N-dealkylation sites (N-methyl/N-ethyl adjacent to an activating group) is 1. The van der Waals surface area contributed by atoms with Gasteiger partial charge in [0.25, 0.3) is 5.91 Å². The van der Waals surface area contributed by atoms with Gasteiger partial charge in [-0.15, -0.1) is 0 Å². The molecule has 1 saturated heterocycles. The van der Waals surface area contributed by atoms with Crippen LogP contribution in [0.25, 0.3) is 22.4 Å². The van der Waals surface area contributed by atoms with Gasteiger partial charge in [0.05, 0.1) is 25.0 Å². The van der Waals surface area contributed by atoms with Gasteiger partial charge in [0.15, 0.2) is 0 Å². The van der Waals surface area contributed by atoms with E-state index in [1.165, 1.54) is 7.11 Å². The molecule has 1 fully saturated rings. The monoisotopic (exact) mass is 755 g/mol. The summed E-state index contributed by atoms with van der Waals surface area (Å²) in [4.78, 5) is 63.3.